The van der Waals surface area contributed by atoms with E-state index < -0.39 is 5.97 Å². The van der Waals surface area contributed by atoms with Crippen molar-refractivity contribution in [2.75, 3.05) is 32.9 Å². The summed E-state index contributed by atoms with van der Waals surface area (Å²) in [5.74, 6) is -0.723. The predicted molar refractivity (Wildman–Crippen MR) is 62.0 cm³/mol. The number of hydrogen-bond donors (Lipinski definition) is 1. The summed E-state index contributed by atoms with van der Waals surface area (Å²) in [5, 5.41) is 8.99. The number of carboxylic acids is 1. The van der Waals surface area contributed by atoms with Crippen molar-refractivity contribution in [2.24, 2.45) is 0 Å². The van der Waals surface area contributed by atoms with Gasteiger partial charge in [0.2, 0.25) is 0 Å². The van der Waals surface area contributed by atoms with E-state index in [1.165, 1.54) is 0 Å². The molecule has 2 unspecified atom stereocenters. The van der Waals surface area contributed by atoms with Crippen molar-refractivity contribution in [2.45, 2.75) is 37.8 Å². The molecule has 0 aliphatic carbocycles. The lowest BCUT2D eigenvalue weighted by Crippen LogP contribution is -2.45. The van der Waals surface area contributed by atoms with Gasteiger partial charge < -0.3 is 14.6 Å². The highest BCUT2D eigenvalue weighted by molar-refractivity contribution is 5.67. The Morgan fingerprint density at radius 2 is 2.12 bits per heavy atom. The fourth-order valence-electron chi connectivity index (χ4n) is 2.64. The van der Waals surface area contributed by atoms with Crippen molar-refractivity contribution >= 4 is 5.97 Å². The molecule has 2 atom stereocenters. The van der Waals surface area contributed by atoms with E-state index in [1.54, 1.807) is 0 Å². The van der Waals surface area contributed by atoms with Crippen LogP contribution in [0.1, 0.15) is 25.7 Å². The summed E-state index contributed by atoms with van der Waals surface area (Å²) in [6, 6.07) is 0.0968. The Morgan fingerprint density at radius 3 is 2.71 bits per heavy atom. The van der Waals surface area contributed by atoms with Crippen molar-refractivity contribution in [1.82, 2.24) is 4.90 Å². The number of ether oxygens (including phenoxy) is 2. The number of aliphatic carboxylic acids is 1. The molecule has 2 rings (SSSR count). The summed E-state index contributed by atoms with van der Waals surface area (Å²) >= 11 is 0. The molecule has 2 heterocycles. The highest BCUT2D eigenvalue weighted by Crippen LogP contribution is 2.21. The summed E-state index contributed by atoms with van der Waals surface area (Å²) < 4.78 is 10.9. The maximum atomic E-state index is 10.9. The van der Waals surface area contributed by atoms with Gasteiger partial charge in [0, 0.05) is 25.7 Å². The Balaban J connectivity index is 1.88. The maximum absolute atomic E-state index is 10.9. The summed E-state index contributed by atoms with van der Waals surface area (Å²) in [4.78, 5) is 13.2. The molecular formula is C12H21NO4. The first kappa shape index (κ1) is 12.8. The molecule has 2 aliphatic rings. The molecule has 2 aliphatic heterocycles. The van der Waals surface area contributed by atoms with Crippen LogP contribution in [0.4, 0.5) is 0 Å². The lowest BCUT2D eigenvalue weighted by Gasteiger charge is -2.34. The first-order chi connectivity index (χ1) is 8.25. The van der Waals surface area contributed by atoms with Gasteiger partial charge in [-0.1, -0.05) is 0 Å². The summed E-state index contributed by atoms with van der Waals surface area (Å²) in [6.07, 6.45) is 3.47. The fourth-order valence-corrected chi connectivity index (χ4v) is 2.64. The molecule has 0 bridgehead atoms. The van der Waals surface area contributed by atoms with Gasteiger partial charge in [0.05, 0.1) is 25.7 Å². The van der Waals surface area contributed by atoms with Gasteiger partial charge in [-0.05, 0) is 19.3 Å². The van der Waals surface area contributed by atoms with Crippen LogP contribution < -0.4 is 0 Å². The van der Waals surface area contributed by atoms with Gasteiger partial charge in [0.15, 0.2) is 0 Å². The fraction of sp³-hybridized carbons (Fsp3) is 0.917. The van der Waals surface area contributed by atoms with E-state index in [9.17, 15) is 4.79 Å². The van der Waals surface area contributed by atoms with Gasteiger partial charge in [-0.3, -0.25) is 9.69 Å². The van der Waals surface area contributed by atoms with Crippen LogP contribution in [0.15, 0.2) is 0 Å². The van der Waals surface area contributed by atoms with Crippen LogP contribution in [0.3, 0.4) is 0 Å². The second kappa shape index (κ2) is 6.33. The first-order valence-electron chi connectivity index (χ1n) is 6.41. The van der Waals surface area contributed by atoms with E-state index >= 15 is 0 Å². The number of carboxylic acid groups (broad SMARTS) is 1. The summed E-state index contributed by atoms with van der Waals surface area (Å²) in [7, 11) is 0. The van der Waals surface area contributed by atoms with Crippen molar-refractivity contribution in [1.29, 1.82) is 0 Å². The topological polar surface area (TPSA) is 59.0 Å². The van der Waals surface area contributed by atoms with E-state index in [0.29, 0.717) is 13.2 Å². The van der Waals surface area contributed by atoms with Gasteiger partial charge in [-0.2, -0.15) is 0 Å². The number of carbonyl (C=O) groups is 1. The van der Waals surface area contributed by atoms with Gasteiger partial charge in [0.25, 0.3) is 0 Å². The molecule has 0 aromatic rings. The summed E-state index contributed by atoms with van der Waals surface area (Å²) in [6.45, 7) is 3.92. The highest BCUT2D eigenvalue weighted by atomic mass is 16.5. The van der Waals surface area contributed by atoms with Crippen molar-refractivity contribution in [3.8, 4) is 0 Å². The van der Waals surface area contributed by atoms with Crippen LogP contribution in [-0.4, -0.2) is 61.0 Å². The average Bonchev–Trinajstić information content (AvgIpc) is 2.82. The van der Waals surface area contributed by atoms with Crippen LogP contribution in [0.2, 0.25) is 0 Å². The van der Waals surface area contributed by atoms with Crippen molar-refractivity contribution in [3.05, 3.63) is 0 Å². The zero-order valence-electron chi connectivity index (χ0n) is 10.1. The van der Waals surface area contributed by atoms with Crippen LogP contribution >= 0.6 is 0 Å². The molecule has 0 spiro atoms. The summed E-state index contributed by atoms with van der Waals surface area (Å²) in [5.41, 5.74) is 0. The predicted octanol–water partition coefficient (Wildman–Crippen LogP) is 0.731. The third kappa shape index (κ3) is 3.94. The minimum Gasteiger partial charge on any atom is -0.481 e. The Bertz CT molecular complexity index is 247. The van der Waals surface area contributed by atoms with E-state index in [0.717, 1.165) is 39.0 Å². The minimum absolute atomic E-state index is 0.0968. The lowest BCUT2D eigenvalue weighted by molar-refractivity contribution is -0.139. The number of hydrogen-bond acceptors (Lipinski definition) is 4. The molecule has 2 saturated heterocycles. The molecule has 5 heteroatoms. The molecule has 1 N–H and O–H groups in total. The monoisotopic (exact) mass is 243 g/mol. The zero-order valence-corrected chi connectivity index (χ0v) is 10.1. The van der Waals surface area contributed by atoms with Gasteiger partial charge in [-0.15, -0.1) is 0 Å². The smallest absolute Gasteiger partial charge is 0.304 e. The molecule has 2 fully saturated rings. The van der Waals surface area contributed by atoms with Gasteiger partial charge in [-0.25, -0.2) is 0 Å². The van der Waals surface area contributed by atoms with Crippen LogP contribution in [0, 0.1) is 0 Å². The molecule has 0 amide bonds. The number of rotatable bonds is 5. The van der Waals surface area contributed by atoms with Gasteiger partial charge >= 0.3 is 5.97 Å². The second-order valence-corrected chi connectivity index (χ2v) is 4.77. The van der Waals surface area contributed by atoms with E-state index in [2.05, 4.69) is 4.90 Å². The third-order valence-electron chi connectivity index (χ3n) is 3.53. The molecule has 98 valence electrons. The first-order valence-corrected chi connectivity index (χ1v) is 6.41. The molecule has 5 nitrogen and oxygen atoms in total. The molecule has 0 radical (unpaired) electrons. The SMILES string of the molecule is O=C(O)CC(CC1CCCO1)N1CCOCC1. The highest BCUT2D eigenvalue weighted by Gasteiger charge is 2.28. The van der Waals surface area contributed by atoms with Crippen LogP contribution in [-0.2, 0) is 14.3 Å². The average molecular weight is 243 g/mol. The Morgan fingerprint density at radius 1 is 1.35 bits per heavy atom. The molecule has 0 aromatic carbocycles. The Hall–Kier alpha value is -0.650. The zero-order chi connectivity index (χ0) is 12.1. The molecule has 0 saturated carbocycles. The Labute approximate surface area is 102 Å². The number of morpholine rings is 1. The standard InChI is InChI=1S/C12H21NO4/c14-12(15)9-10(8-11-2-1-5-17-11)13-3-6-16-7-4-13/h10-11H,1-9H2,(H,14,15). The molecule has 0 aromatic heterocycles. The van der Waals surface area contributed by atoms with E-state index in [1.807, 2.05) is 0 Å². The number of nitrogens with zero attached hydrogens (tertiary/aromatic N) is 1. The van der Waals surface area contributed by atoms with Crippen LogP contribution in [0.5, 0.6) is 0 Å². The minimum atomic E-state index is -0.723. The lowest BCUT2D eigenvalue weighted by atomic mass is 10.0. The molecular weight excluding hydrogens is 222 g/mol. The second-order valence-electron chi connectivity index (χ2n) is 4.77. The normalized spacial score (nSPS) is 28.1. The van der Waals surface area contributed by atoms with Gasteiger partial charge in [0.1, 0.15) is 0 Å². The third-order valence-corrected chi connectivity index (χ3v) is 3.53. The molecule has 17 heavy (non-hydrogen) atoms. The maximum Gasteiger partial charge on any atom is 0.304 e. The van der Waals surface area contributed by atoms with Crippen molar-refractivity contribution in [3.63, 3.8) is 0 Å². The van der Waals surface area contributed by atoms with E-state index in [-0.39, 0.29) is 18.6 Å². The van der Waals surface area contributed by atoms with Crippen molar-refractivity contribution < 1.29 is 19.4 Å². The van der Waals surface area contributed by atoms with E-state index in [4.69, 9.17) is 14.6 Å². The quantitative estimate of drug-likeness (QED) is 0.771. The largest absolute Gasteiger partial charge is 0.481 e. The van der Waals surface area contributed by atoms with Crippen LogP contribution in [0.25, 0.3) is 0 Å². The Kier molecular flexibility index (Phi) is 4.76.